The summed E-state index contributed by atoms with van der Waals surface area (Å²) in [6.45, 7) is 0. The summed E-state index contributed by atoms with van der Waals surface area (Å²) < 4.78 is 13.1. The highest BCUT2D eigenvalue weighted by Gasteiger charge is 2.18. The highest BCUT2D eigenvalue weighted by atomic mass is 35.5. The van der Waals surface area contributed by atoms with Crippen molar-refractivity contribution >= 4 is 17.6 Å². The van der Waals surface area contributed by atoms with E-state index in [9.17, 15) is 9.18 Å². The molecule has 16 heavy (non-hydrogen) atoms. The molecule has 5 heteroatoms. The maximum Gasteiger partial charge on any atom is 0.305 e. The van der Waals surface area contributed by atoms with E-state index in [4.69, 9.17) is 16.7 Å². The average molecular weight is 246 g/mol. The summed E-state index contributed by atoms with van der Waals surface area (Å²) in [4.78, 5) is 12.4. The summed E-state index contributed by atoms with van der Waals surface area (Å²) >= 11 is 5.73. The quantitative estimate of drug-likeness (QED) is 0.886. The summed E-state index contributed by atoms with van der Waals surface area (Å²) in [7, 11) is 3.48. The Labute approximate surface area is 98.4 Å². The number of hydrogen-bond donors (Lipinski definition) is 1. The van der Waals surface area contributed by atoms with Crippen LogP contribution in [0.4, 0.5) is 4.39 Å². The van der Waals surface area contributed by atoms with Gasteiger partial charge >= 0.3 is 5.97 Å². The number of halogens is 2. The minimum Gasteiger partial charge on any atom is -0.481 e. The Morgan fingerprint density at radius 3 is 2.56 bits per heavy atom. The van der Waals surface area contributed by atoms with Crippen LogP contribution >= 0.6 is 11.6 Å². The maximum atomic E-state index is 13.1. The van der Waals surface area contributed by atoms with Crippen LogP contribution in [0, 0.1) is 5.82 Å². The lowest BCUT2D eigenvalue weighted by Crippen LogP contribution is -2.22. The van der Waals surface area contributed by atoms with Gasteiger partial charge in [0.15, 0.2) is 0 Å². The molecule has 0 radical (unpaired) electrons. The molecule has 0 saturated carbocycles. The SMILES string of the molecule is CN(C)C(CC(=O)O)c1cc(F)cc(Cl)c1. The Bertz CT molecular complexity index is 375. The predicted molar refractivity (Wildman–Crippen MR) is 60.1 cm³/mol. The Kier molecular flexibility index (Phi) is 4.26. The van der Waals surface area contributed by atoms with Crippen LogP contribution in [0.25, 0.3) is 0 Å². The molecule has 0 aliphatic heterocycles. The second-order valence-electron chi connectivity index (χ2n) is 3.78. The monoisotopic (exact) mass is 245 g/mol. The molecule has 1 rings (SSSR count). The number of nitrogens with zero attached hydrogens (tertiary/aromatic N) is 1. The van der Waals surface area contributed by atoms with Gasteiger partial charge in [-0.2, -0.15) is 0 Å². The van der Waals surface area contributed by atoms with E-state index in [1.54, 1.807) is 25.1 Å². The minimum atomic E-state index is -0.931. The molecule has 0 heterocycles. The first-order chi connectivity index (χ1) is 7.40. The van der Waals surface area contributed by atoms with E-state index in [-0.39, 0.29) is 17.5 Å². The Morgan fingerprint density at radius 2 is 2.12 bits per heavy atom. The second-order valence-corrected chi connectivity index (χ2v) is 4.22. The van der Waals surface area contributed by atoms with E-state index >= 15 is 0 Å². The van der Waals surface area contributed by atoms with Crippen LogP contribution in [-0.2, 0) is 4.79 Å². The van der Waals surface area contributed by atoms with Crippen LogP contribution < -0.4 is 0 Å². The zero-order valence-electron chi connectivity index (χ0n) is 9.08. The van der Waals surface area contributed by atoms with Crippen molar-refractivity contribution in [2.45, 2.75) is 12.5 Å². The third kappa shape index (κ3) is 3.47. The highest BCUT2D eigenvalue weighted by Crippen LogP contribution is 2.25. The van der Waals surface area contributed by atoms with Gasteiger partial charge in [0.1, 0.15) is 5.82 Å². The van der Waals surface area contributed by atoms with Gasteiger partial charge in [-0.3, -0.25) is 4.79 Å². The van der Waals surface area contributed by atoms with Gasteiger partial charge in [-0.05, 0) is 37.9 Å². The summed E-state index contributed by atoms with van der Waals surface area (Å²) in [5.74, 6) is -1.39. The third-order valence-electron chi connectivity index (χ3n) is 2.26. The number of rotatable bonds is 4. The van der Waals surface area contributed by atoms with E-state index in [1.165, 1.54) is 12.1 Å². The molecule has 0 amide bonds. The molecule has 1 atom stereocenters. The molecule has 0 fully saturated rings. The lowest BCUT2D eigenvalue weighted by Gasteiger charge is -2.23. The summed E-state index contributed by atoms with van der Waals surface area (Å²) in [5, 5.41) is 9.05. The van der Waals surface area contributed by atoms with Crippen molar-refractivity contribution in [3.8, 4) is 0 Å². The fourth-order valence-corrected chi connectivity index (χ4v) is 1.76. The van der Waals surface area contributed by atoms with Crippen LogP contribution in [0.15, 0.2) is 18.2 Å². The average Bonchev–Trinajstić information content (AvgIpc) is 2.11. The standard InChI is InChI=1S/C11H13ClFNO2/c1-14(2)10(6-11(15)16)7-3-8(12)5-9(13)4-7/h3-5,10H,6H2,1-2H3,(H,15,16). The van der Waals surface area contributed by atoms with Gasteiger partial charge in [0, 0.05) is 11.1 Å². The van der Waals surface area contributed by atoms with Gasteiger partial charge in [0.2, 0.25) is 0 Å². The van der Waals surface area contributed by atoms with Crippen molar-refractivity contribution in [2.75, 3.05) is 14.1 Å². The predicted octanol–water partition coefficient (Wildman–Crippen LogP) is 2.56. The van der Waals surface area contributed by atoms with Crippen molar-refractivity contribution in [3.63, 3.8) is 0 Å². The number of carboxylic acids is 1. The molecule has 1 unspecified atom stereocenters. The van der Waals surface area contributed by atoms with E-state index in [0.717, 1.165) is 0 Å². The fourth-order valence-electron chi connectivity index (χ4n) is 1.53. The number of carboxylic acid groups (broad SMARTS) is 1. The smallest absolute Gasteiger partial charge is 0.305 e. The first-order valence-corrected chi connectivity index (χ1v) is 5.12. The molecule has 0 saturated heterocycles. The zero-order chi connectivity index (χ0) is 12.3. The van der Waals surface area contributed by atoms with Crippen molar-refractivity contribution in [1.82, 2.24) is 4.90 Å². The lowest BCUT2D eigenvalue weighted by atomic mass is 10.0. The molecule has 0 aromatic heterocycles. The molecule has 1 N–H and O–H groups in total. The Morgan fingerprint density at radius 1 is 1.50 bits per heavy atom. The molecule has 1 aromatic rings. The normalized spacial score (nSPS) is 12.8. The number of aliphatic carboxylic acids is 1. The first kappa shape index (κ1) is 12.9. The summed E-state index contributed by atoms with van der Waals surface area (Å²) in [6.07, 6.45) is -0.0905. The maximum absolute atomic E-state index is 13.1. The molecule has 0 spiro atoms. The van der Waals surface area contributed by atoms with Gasteiger partial charge in [-0.25, -0.2) is 4.39 Å². The van der Waals surface area contributed by atoms with Gasteiger partial charge in [-0.1, -0.05) is 11.6 Å². The molecule has 0 bridgehead atoms. The van der Waals surface area contributed by atoms with Gasteiger partial charge in [-0.15, -0.1) is 0 Å². The van der Waals surface area contributed by atoms with Gasteiger partial charge in [0.25, 0.3) is 0 Å². The van der Waals surface area contributed by atoms with E-state index in [2.05, 4.69) is 0 Å². The molecule has 3 nitrogen and oxygen atoms in total. The third-order valence-corrected chi connectivity index (χ3v) is 2.48. The second kappa shape index (κ2) is 5.27. The Balaban J connectivity index is 3.05. The van der Waals surface area contributed by atoms with Crippen molar-refractivity contribution in [1.29, 1.82) is 0 Å². The summed E-state index contributed by atoms with van der Waals surface area (Å²) in [6, 6.07) is 3.70. The van der Waals surface area contributed by atoms with Crippen LogP contribution in [-0.4, -0.2) is 30.1 Å². The van der Waals surface area contributed by atoms with Crippen LogP contribution in [0.1, 0.15) is 18.0 Å². The van der Waals surface area contributed by atoms with Crippen LogP contribution in [0.3, 0.4) is 0 Å². The molecule has 1 aromatic carbocycles. The molecule has 88 valence electrons. The van der Waals surface area contributed by atoms with E-state index in [0.29, 0.717) is 5.56 Å². The molecular weight excluding hydrogens is 233 g/mol. The highest BCUT2D eigenvalue weighted by molar-refractivity contribution is 6.30. The lowest BCUT2D eigenvalue weighted by molar-refractivity contribution is -0.138. The number of benzene rings is 1. The van der Waals surface area contributed by atoms with Gasteiger partial charge < -0.3 is 10.0 Å². The molecular formula is C11H13ClFNO2. The van der Waals surface area contributed by atoms with Crippen LogP contribution in [0.5, 0.6) is 0 Å². The largest absolute Gasteiger partial charge is 0.481 e. The zero-order valence-corrected chi connectivity index (χ0v) is 9.83. The van der Waals surface area contributed by atoms with Crippen LogP contribution in [0.2, 0.25) is 5.02 Å². The van der Waals surface area contributed by atoms with Crippen molar-refractivity contribution in [3.05, 3.63) is 34.6 Å². The Hall–Kier alpha value is -1.13. The minimum absolute atomic E-state index is 0.0905. The van der Waals surface area contributed by atoms with Crippen molar-refractivity contribution in [2.24, 2.45) is 0 Å². The first-order valence-electron chi connectivity index (χ1n) is 4.74. The van der Waals surface area contributed by atoms with E-state index in [1.807, 2.05) is 0 Å². The summed E-state index contributed by atoms with van der Waals surface area (Å²) in [5.41, 5.74) is 0.567. The topological polar surface area (TPSA) is 40.5 Å². The number of hydrogen-bond acceptors (Lipinski definition) is 2. The van der Waals surface area contributed by atoms with E-state index < -0.39 is 11.8 Å². The van der Waals surface area contributed by atoms with Crippen molar-refractivity contribution < 1.29 is 14.3 Å². The molecule has 0 aliphatic rings. The molecule has 0 aliphatic carbocycles. The van der Waals surface area contributed by atoms with Gasteiger partial charge in [0.05, 0.1) is 6.42 Å². The fraction of sp³-hybridized carbons (Fsp3) is 0.364. The number of carbonyl (C=O) groups is 1.